The van der Waals surface area contributed by atoms with Crippen molar-refractivity contribution >= 4 is 17.4 Å². The van der Waals surface area contributed by atoms with E-state index in [1.54, 1.807) is 6.92 Å². The summed E-state index contributed by atoms with van der Waals surface area (Å²) in [5, 5.41) is 9.92. The van der Waals surface area contributed by atoms with Gasteiger partial charge in [0.2, 0.25) is 5.91 Å². The molecule has 2 aliphatic carbocycles. The maximum Gasteiger partial charge on any atom is 0.255 e. The first-order chi connectivity index (χ1) is 17.8. The van der Waals surface area contributed by atoms with Crippen molar-refractivity contribution in [2.75, 3.05) is 6.61 Å². The molecule has 1 aliphatic heterocycles. The van der Waals surface area contributed by atoms with E-state index in [4.69, 9.17) is 4.74 Å². The number of allylic oxidation sites excluding steroid dienone is 1. The zero-order chi connectivity index (χ0) is 26.1. The van der Waals surface area contributed by atoms with E-state index in [9.17, 15) is 9.59 Å². The third-order valence-corrected chi connectivity index (χ3v) is 7.96. The number of nitrogens with one attached hydrogen (secondary N) is 4. The molecule has 1 aromatic heterocycles. The summed E-state index contributed by atoms with van der Waals surface area (Å²) in [5.74, 6) is 1.94. The number of fused-ring (bicyclic) bond motifs is 1. The largest absolute Gasteiger partial charge is 0.493 e. The maximum absolute atomic E-state index is 13.5. The minimum atomic E-state index is -0.0983. The number of H-pyrrole nitrogens is 1. The third-order valence-electron chi connectivity index (χ3n) is 7.96. The fourth-order valence-corrected chi connectivity index (χ4v) is 5.62. The highest BCUT2D eigenvalue weighted by molar-refractivity contribution is 6.20. The molecule has 3 aliphatic rings. The van der Waals surface area contributed by atoms with Crippen molar-refractivity contribution in [1.82, 2.24) is 20.9 Å². The van der Waals surface area contributed by atoms with E-state index in [-0.39, 0.29) is 29.9 Å². The Labute approximate surface area is 219 Å². The number of aromatic nitrogens is 1. The van der Waals surface area contributed by atoms with Crippen molar-refractivity contribution in [3.8, 4) is 5.75 Å². The molecule has 4 N–H and O–H groups in total. The summed E-state index contributed by atoms with van der Waals surface area (Å²) < 4.78 is 6.31. The second kappa shape index (κ2) is 10.6. The van der Waals surface area contributed by atoms with Gasteiger partial charge in [0.05, 0.1) is 23.9 Å². The Kier molecular flexibility index (Phi) is 7.31. The van der Waals surface area contributed by atoms with E-state index < -0.39 is 0 Å². The zero-order valence-electron chi connectivity index (χ0n) is 22.4. The van der Waals surface area contributed by atoms with Crippen molar-refractivity contribution < 1.29 is 14.3 Å². The van der Waals surface area contributed by atoms with Gasteiger partial charge in [0.25, 0.3) is 5.91 Å². The molecule has 0 bridgehead atoms. The van der Waals surface area contributed by atoms with E-state index in [1.807, 2.05) is 13.1 Å². The highest BCUT2D eigenvalue weighted by atomic mass is 16.5. The first-order valence-corrected chi connectivity index (χ1v) is 13.8. The molecule has 1 atom stereocenters. The topological polar surface area (TPSA) is 95.2 Å². The zero-order valence-corrected chi connectivity index (χ0v) is 22.4. The number of carbonyl (C=O) groups excluding carboxylic acids is 2. The van der Waals surface area contributed by atoms with Crippen LogP contribution >= 0.6 is 0 Å². The number of ether oxygens (including phenoxy) is 1. The van der Waals surface area contributed by atoms with Crippen LogP contribution in [-0.2, 0) is 9.59 Å². The van der Waals surface area contributed by atoms with E-state index >= 15 is 0 Å². The summed E-state index contributed by atoms with van der Waals surface area (Å²) in [5.41, 5.74) is 5.83. The van der Waals surface area contributed by atoms with Gasteiger partial charge in [-0.3, -0.25) is 9.59 Å². The van der Waals surface area contributed by atoms with E-state index in [0.29, 0.717) is 17.4 Å². The number of hydrogen-bond donors (Lipinski definition) is 4. The molecule has 2 aromatic rings. The van der Waals surface area contributed by atoms with Gasteiger partial charge in [0.15, 0.2) is 0 Å². The number of aromatic amines is 1. The number of benzene rings is 1. The molecule has 1 aromatic carbocycles. The fourth-order valence-electron chi connectivity index (χ4n) is 5.62. The Morgan fingerprint density at radius 3 is 2.35 bits per heavy atom. The van der Waals surface area contributed by atoms with Crippen molar-refractivity contribution in [2.45, 2.75) is 90.3 Å². The third kappa shape index (κ3) is 5.71. The van der Waals surface area contributed by atoms with E-state index in [2.05, 4.69) is 59.0 Å². The van der Waals surface area contributed by atoms with E-state index in [0.717, 1.165) is 60.6 Å². The van der Waals surface area contributed by atoms with Gasteiger partial charge in [-0.05, 0) is 81.0 Å². The Morgan fingerprint density at radius 1 is 1.00 bits per heavy atom. The highest BCUT2D eigenvalue weighted by Crippen LogP contribution is 2.40. The van der Waals surface area contributed by atoms with Gasteiger partial charge in [0, 0.05) is 42.0 Å². The first-order valence-electron chi connectivity index (χ1n) is 13.8. The number of hydrogen-bond acceptors (Lipinski definition) is 4. The van der Waals surface area contributed by atoms with Gasteiger partial charge < -0.3 is 25.7 Å². The lowest BCUT2D eigenvalue weighted by Crippen LogP contribution is -2.44. The second-order valence-corrected chi connectivity index (χ2v) is 11.3. The van der Waals surface area contributed by atoms with Crippen molar-refractivity contribution in [3.63, 3.8) is 0 Å². The van der Waals surface area contributed by atoms with Crippen LogP contribution in [0.25, 0.3) is 5.57 Å². The van der Waals surface area contributed by atoms with Gasteiger partial charge in [-0.2, -0.15) is 0 Å². The lowest BCUT2D eigenvalue weighted by Gasteiger charge is -2.32. The monoisotopic (exact) mass is 504 g/mol. The van der Waals surface area contributed by atoms with Crippen LogP contribution in [0.2, 0.25) is 0 Å². The molecule has 7 nitrogen and oxygen atoms in total. The first kappa shape index (κ1) is 25.4. The minimum absolute atomic E-state index is 0.00963. The fraction of sp³-hybridized carbons (Fsp3) is 0.533. The predicted molar refractivity (Wildman–Crippen MR) is 145 cm³/mol. The van der Waals surface area contributed by atoms with Crippen LogP contribution in [0.5, 0.6) is 5.75 Å². The molecule has 2 heterocycles. The maximum atomic E-state index is 13.5. The number of carbonyl (C=O) groups is 2. The van der Waals surface area contributed by atoms with Gasteiger partial charge in [0.1, 0.15) is 5.75 Å². The van der Waals surface area contributed by atoms with Crippen molar-refractivity contribution in [1.29, 1.82) is 0 Å². The molecule has 0 radical (unpaired) electrons. The van der Waals surface area contributed by atoms with Crippen LogP contribution in [0.3, 0.4) is 0 Å². The smallest absolute Gasteiger partial charge is 0.255 e. The van der Waals surface area contributed by atoms with Gasteiger partial charge in [-0.25, -0.2) is 0 Å². The molecule has 2 amide bonds. The lowest BCUT2D eigenvalue weighted by atomic mass is 9.88. The van der Waals surface area contributed by atoms with Gasteiger partial charge >= 0.3 is 0 Å². The van der Waals surface area contributed by atoms with Crippen LogP contribution in [0.1, 0.15) is 101 Å². The molecule has 198 valence electrons. The molecule has 0 spiro atoms. The molecule has 2 saturated carbocycles. The molecular weight excluding hydrogens is 464 g/mol. The van der Waals surface area contributed by atoms with Gasteiger partial charge in [-0.1, -0.05) is 19.9 Å². The molecule has 2 fully saturated rings. The van der Waals surface area contributed by atoms with Crippen LogP contribution in [0.4, 0.5) is 0 Å². The average molecular weight is 505 g/mol. The predicted octanol–water partition coefficient (Wildman–Crippen LogP) is 4.91. The Balaban J connectivity index is 1.36. The quantitative estimate of drug-likeness (QED) is 0.411. The standard InChI is InChI=1S/C30H40N4O3/c1-17(2)21-7-12-26(37-16-20-5-6-20)25(15-21)28-24-13-14-31-29(24)27(18(3)32-28)30(36)34-23-10-8-22(9-11-23)33-19(4)35/h7,12-15,17,20,22-23,28,31-32H,5-6,8-11,16H2,1-4H3,(H,33,35)(H,34,36). The van der Waals surface area contributed by atoms with Crippen LogP contribution in [0.15, 0.2) is 36.2 Å². The van der Waals surface area contributed by atoms with Crippen LogP contribution in [0, 0.1) is 5.92 Å². The highest BCUT2D eigenvalue weighted by Gasteiger charge is 2.33. The lowest BCUT2D eigenvalue weighted by molar-refractivity contribution is -0.120. The van der Waals surface area contributed by atoms with Crippen molar-refractivity contribution in [2.24, 2.45) is 5.92 Å². The molecular formula is C30H40N4O3. The normalized spacial score (nSPS) is 23.3. The summed E-state index contributed by atoms with van der Waals surface area (Å²) in [6, 6.07) is 8.82. The molecule has 0 saturated heterocycles. The van der Waals surface area contributed by atoms with Crippen LogP contribution in [-0.4, -0.2) is 35.5 Å². The number of amides is 2. The summed E-state index contributed by atoms with van der Waals surface area (Å²) in [7, 11) is 0. The summed E-state index contributed by atoms with van der Waals surface area (Å²) in [4.78, 5) is 28.2. The Bertz CT molecular complexity index is 1190. The minimum Gasteiger partial charge on any atom is -0.493 e. The summed E-state index contributed by atoms with van der Waals surface area (Å²) in [6.45, 7) is 8.71. The average Bonchev–Trinajstić information content (AvgIpc) is 3.57. The SMILES string of the molecule is CC(=O)NC1CCC(NC(=O)C2=C(C)NC(c3cc(C(C)C)ccc3OCC3CC3)c3cc[nH]c32)CC1. The second-order valence-electron chi connectivity index (χ2n) is 11.3. The molecule has 1 unspecified atom stereocenters. The Hall–Kier alpha value is -3.22. The summed E-state index contributed by atoms with van der Waals surface area (Å²) in [6.07, 6.45) is 7.90. The molecule has 7 heteroatoms. The number of rotatable bonds is 8. The van der Waals surface area contributed by atoms with E-state index in [1.165, 1.54) is 18.4 Å². The molecule has 37 heavy (non-hydrogen) atoms. The van der Waals surface area contributed by atoms with Crippen LogP contribution < -0.4 is 20.7 Å². The van der Waals surface area contributed by atoms with Gasteiger partial charge in [-0.15, -0.1) is 0 Å². The van der Waals surface area contributed by atoms with Crippen molar-refractivity contribution in [3.05, 3.63) is 58.5 Å². The Morgan fingerprint density at radius 2 is 1.70 bits per heavy atom. The summed E-state index contributed by atoms with van der Waals surface area (Å²) >= 11 is 0. The molecule has 5 rings (SSSR count).